The third kappa shape index (κ3) is 10.4. The molecule has 0 bridgehead atoms. The van der Waals surface area contributed by atoms with E-state index >= 15 is 0 Å². The number of unbranched alkanes of at least 4 members (excludes halogenated alkanes) is 3. The molecule has 3 nitrogen and oxygen atoms in total. The molecule has 1 unspecified atom stereocenters. The maximum absolute atomic E-state index is 12.3. The molecule has 1 aromatic rings. The summed E-state index contributed by atoms with van der Waals surface area (Å²) in [5.41, 5.74) is 0.278. The van der Waals surface area contributed by atoms with E-state index < -0.39 is 24.3 Å². The SMILES string of the molecule is CCC[CH2][Sn]([CH2]CCC)([CH2]CCC)/[C](=C/C(C)(C)/C=N/OC(=O)c1ccccc1)C(C)CC. The second-order valence-electron chi connectivity index (χ2n) is 10.3. The number of nitrogens with zero attached hydrogens (tertiary/aromatic N) is 1. The van der Waals surface area contributed by atoms with Crippen LogP contribution in [0.2, 0.25) is 13.3 Å². The summed E-state index contributed by atoms with van der Waals surface area (Å²) in [6.45, 7) is 16.2. The number of allylic oxidation sites excluding steroid dienone is 2. The van der Waals surface area contributed by atoms with Crippen molar-refractivity contribution in [2.75, 3.05) is 0 Å². The summed E-state index contributed by atoms with van der Waals surface area (Å²) in [5, 5.41) is 4.13. The van der Waals surface area contributed by atoms with Gasteiger partial charge >= 0.3 is 209 Å². The van der Waals surface area contributed by atoms with E-state index in [1.54, 1.807) is 15.7 Å². The molecule has 0 fully saturated rings. The van der Waals surface area contributed by atoms with Crippen LogP contribution in [0, 0.1) is 11.3 Å². The molecule has 186 valence electrons. The number of carbonyl (C=O) groups is 1. The molecule has 0 spiro atoms. The molecule has 33 heavy (non-hydrogen) atoms. The first kappa shape index (κ1) is 29.9. The maximum atomic E-state index is 12.3. The Morgan fingerprint density at radius 2 is 1.48 bits per heavy atom. The molecule has 0 saturated heterocycles. The third-order valence-electron chi connectivity index (χ3n) is 6.84. The van der Waals surface area contributed by atoms with Crippen LogP contribution in [-0.4, -0.2) is 30.6 Å². The third-order valence-corrected chi connectivity index (χ3v) is 23.4. The van der Waals surface area contributed by atoms with Gasteiger partial charge in [0.15, 0.2) is 0 Å². The fraction of sp³-hybridized carbons (Fsp3) is 0.655. The van der Waals surface area contributed by atoms with Gasteiger partial charge in [-0.25, -0.2) is 0 Å². The van der Waals surface area contributed by atoms with Gasteiger partial charge < -0.3 is 0 Å². The van der Waals surface area contributed by atoms with Gasteiger partial charge in [-0.3, -0.25) is 0 Å². The monoisotopic (exact) mass is 563 g/mol. The zero-order chi connectivity index (χ0) is 24.7. The van der Waals surface area contributed by atoms with Crippen molar-refractivity contribution in [2.24, 2.45) is 16.5 Å². The van der Waals surface area contributed by atoms with E-state index in [-0.39, 0.29) is 5.41 Å². The molecular formula is C29H49NO2Sn. The van der Waals surface area contributed by atoms with Crippen molar-refractivity contribution >= 4 is 30.6 Å². The topological polar surface area (TPSA) is 38.7 Å². The molecule has 0 aliphatic rings. The Morgan fingerprint density at radius 1 is 0.970 bits per heavy atom. The predicted octanol–water partition coefficient (Wildman–Crippen LogP) is 9.22. The first-order valence-electron chi connectivity index (χ1n) is 13.3. The molecule has 0 amide bonds. The first-order valence-corrected chi connectivity index (χ1v) is 20.8. The van der Waals surface area contributed by atoms with Gasteiger partial charge in [-0.05, 0) is 0 Å². The second-order valence-corrected chi connectivity index (χ2v) is 23.5. The molecule has 1 rings (SSSR count). The van der Waals surface area contributed by atoms with Gasteiger partial charge in [-0.1, -0.05) is 0 Å². The van der Waals surface area contributed by atoms with Crippen LogP contribution in [0.25, 0.3) is 0 Å². The molecule has 0 aliphatic carbocycles. The molecule has 4 heteroatoms. The number of hydrogen-bond acceptors (Lipinski definition) is 3. The van der Waals surface area contributed by atoms with Gasteiger partial charge in [0.1, 0.15) is 0 Å². The molecule has 1 aromatic carbocycles. The van der Waals surface area contributed by atoms with Crippen molar-refractivity contribution in [3.63, 3.8) is 0 Å². The number of hydrogen-bond donors (Lipinski definition) is 0. The molecule has 0 saturated carbocycles. The summed E-state index contributed by atoms with van der Waals surface area (Å²) in [6.07, 6.45) is 13.5. The van der Waals surface area contributed by atoms with Crippen molar-refractivity contribution in [3.05, 3.63) is 45.6 Å². The molecular weight excluding hydrogens is 513 g/mol. The van der Waals surface area contributed by atoms with Crippen LogP contribution < -0.4 is 0 Å². The van der Waals surface area contributed by atoms with E-state index in [1.165, 1.54) is 58.3 Å². The van der Waals surface area contributed by atoms with Crippen molar-refractivity contribution < 1.29 is 9.63 Å². The van der Waals surface area contributed by atoms with Gasteiger partial charge in [-0.2, -0.15) is 0 Å². The molecule has 0 heterocycles. The number of oxime groups is 1. The summed E-state index contributed by atoms with van der Waals surface area (Å²) in [5.74, 6) is 0.210. The van der Waals surface area contributed by atoms with E-state index in [0.29, 0.717) is 11.5 Å². The van der Waals surface area contributed by atoms with Crippen molar-refractivity contribution in [3.8, 4) is 0 Å². The Hall–Kier alpha value is -1.10. The van der Waals surface area contributed by atoms with Crippen molar-refractivity contribution in [1.29, 1.82) is 0 Å². The normalized spacial score (nSPS) is 14.0. The van der Waals surface area contributed by atoms with Crippen molar-refractivity contribution in [1.82, 2.24) is 0 Å². The standard InChI is InChI=1S/C17H22NO2.3C4H9.Sn/c1-5-14(2)11-12-17(3,4)13-18-20-16(19)15-9-7-6-8-10-15;3*1-3-4-2;/h6-10,12-14H,5H2,1-4H3;3*1,3-4H2,2H3;/b12-11?,18-13+;;;;. The summed E-state index contributed by atoms with van der Waals surface area (Å²) in [7, 11) is 0. The van der Waals surface area contributed by atoms with Crippen LogP contribution in [0.1, 0.15) is 104 Å². The predicted molar refractivity (Wildman–Crippen MR) is 147 cm³/mol. The fourth-order valence-electron chi connectivity index (χ4n) is 4.67. The Morgan fingerprint density at radius 3 is 1.94 bits per heavy atom. The van der Waals surface area contributed by atoms with Crippen LogP contribution in [-0.2, 0) is 4.84 Å². The zero-order valence-corrected chi connectivity index (χ0v) is 25.3. The molecule has 1 atom stereocenters. The van der Waals surface area contributed by atoms with Crippen LogP contribution >= 0.6 is 0 Å². The van der Waals surface area contributed by atoms with Gasteiger partial charge in [-0.15, -0.1) is 0 Å². The first-order chi connectivity index (χ1) is 15.7. The average Bonchev–Trinajstić information content (AvgIpc) is 2.82. The molecule has 0 N–H and O–H groups in total. The van der Waals surface area contributed by atoms with E-state index in [9.17, 15) is 4.79 Å². The Balaban J connectivity index is 3.26. The summed E-state index contributed by atoms with van der Waals surface area (Å²) >= 11 is -2.55. The summed E-state index contributed by atoms with van der Waals surface area (Å²) in [4.78, 5) is 17.5. The van der Waals surface area contributed by atoms with E-state index in [4.69, 9.17) is 4.84 Å². The van der Waals surface area contributed by atoms with Gasteiger partial charge in [0.25, 0.3) is 0 Å². The Kier molecular flexibility index (Phi) is 14.3. The number of rotatable bonds is 16. The Bertz CT molecular complexity index is 717. The minimum absolute atomic E-state index is 0.247. The fourth-order valence-corrected chi connectivity index (χ4v) is 23.6. The second kappa shape index (κ2) is 15.7. The summed E-state index contributed by atoms with van der Waals surface area (Å²) < 4.78 is 6.21. The van der Waals surface area contributed by atoms with E-state index in [2.05, 4.69) is 59.7 Å². The quantitative estimate of drug-likeness (QED) is 0.0872. The van der Waals surface area contributed by atoms with Crippen molar-refractivity contribution in [2.45, 2.75) is 107 Å². The number of carbonyl (C=O) groups excluding carboxylic acids is 1. The van der Waals surface area contributed by atoms with Crippen LogP contribution in [0.4, 0.5) is 0 Å². The number of benzene rings is 1. The van der Waals surface area contributed by atoms with Gasteiger partial charge in [0.2, 0.25) is 0 Å². The average molecular weight is 562 g/mol. The summed E-state index contributed by atoms with van der Waals surface area (Å²) in [6, 6.07) is 9.06. The van der Waals surface area contributed by atoms with Gasteiger partial charge in [0, 0.05) is 0 Å². The van der Waals surface area contributed by atoms with E-state index in [0.717, 1.165) is 0 Å². The zero-order valence-electron chi connectivity index (χ0n) is 22.5. The van der Waals surface area contributed by atoms with Gasteiger partial charge in [0.05, 0.1) is 0 Å². The molecule has 0 aromatic heterocycles. The molecule has 0 aliphatic heterocycles. The molecule has 0 radical (unpaired) electrons. The van der Waals surface area contributed by atoms with Crippen LogP contribution in [0.15, 0.2) is 45.2 Å². The Labute approximate surface area is 208 Å². The minimum atomic E-state index is -2.55. The van der Waals surface area contributed by atoms with E-state index in [1.807, 2.05) is 24.4 Å². The van der Waals surface area contributed by atoms with Crippen LogP contribution in [0.5, 0.6) is 0 Å². The van der Waals surface area contributed by atoms with Crippen LogP contribution in [0.3, 0.4) is 0 Å².